The molecule has 1 heterocycles. The van der Waals surface area contributed by atoms with Crippen LogP contribution in [0.1, 0.15) is 62.0 Å². The Balaban J connectivity index is 1.78. The molecule has 15 heteroatoms. The summed E-state index contributed by atoms with van der Waals surface area (Å²) in [5.41, 5.74) is -2.23. The number of hydrogen-bond donors (Lipinski definition) is 2. The summed E-state index contributed by atoms with van der Waals surface area (Å²) in [5, 5.41) is 5.90. The summed E-state index contributed by atoms with van der Waals surface area (Å²) in [6.45, 7) is 8.40. The largest absolute Gasteiger partial charge is 0.444 e. The molecule has 0 spiro atoms. The number of amides is 2. The van der Waals surface area contributed by atoms with Crippen LogP contribution in [0.4, 0.5) is 23.7 Å². The Morgan fingerprint density at radius 3 is 2.42 bits per heavy atom. The number of sulfone groups is 1. The molecule has 2 aromatic rings. The van der Waals surface area contributed by atoms with E-state index < -0.39 is 39.2 Å². The average Bonchev–Trinajstić information content (AvgIpc) is 2.94. The standard InChI is InChI=1S/C30H39Cl2F3N4O5S/c1-6-45(42,43)26-10-9-20(31)16-25(26)38(5)27(40)19-14-23(30(33,34)35)22(24(32)15-19)18-39-13-7-8-21(17-39)36-11-12-37-28(41)44-29(2,3)4/h9-10,14-16,21,36H,6-8,11-13,17-18H2,1-5H3,(H,37,41)/t21-/m0/s1. The van der Waals surface area contributed by atoms with Gasteiger partial charge in [-0.25, -0.2) is 13.2 Å². The number of hydrogen-bond acceptors (Lipinski definition) is 7. The lowest BCUT2D eigenvalue weighted by Gasteiger charge is -2.34. The first-order chi connectivity index (χ1) is 20.8. The molecule has 0 aromatic heterocycles. The zero-order valence-electron chi connectivity index (χ0n) is 25.9. The maximum atomic E-state index is 14.4. The smallest absolute Gasteiger partial charge is 0.416 e. The van der Waals surface area contributed by atoms with Gasteiger partial charge in [-0.1, -0.05) is 30.1 Å². The molecule has 2 aromatic carbocycles. The molecule has 3 rings (SSSR count). The second kappa shape index (κ2) is 14.9. The first-order valence-corrected chi connectivity index (χ1v) is 16.9. The average molecular weight is 696 g/mol. The number of likely N-dealkylation sites (tertiary alicyclic amines) is 1. The summed E-state index contributed by atoms with van der Waals surface area (Å²) in [6, 6.07) is 5.80. The highest BCUT2D eigenvalue weighted by atomic mass is 35.5. The van der Waals surface area contributed by atoms with E-state index in [0.717, 1.165) is 23.8 Å². The Kier molecular flexibility index (Phi) is 12.2. The summed E-state index contributed by atoms with van der Waals surface area (Å²) in [6.07, 6.45) is -3.81. The van der Waals surface area contributed by atoms with Crippen LogP contribution in [0.15, 0.2) is 35.2 Å². The van der Waals surface area contributed by atoms with E-state index in [9.17, 15) is 31.2 Å². The van der Waals surface area contributed by atoms with E-state index in [1.165, 1.54) is 38.2 Å². The third kappa shape index (κ3) is 10.2. The fraction of sp³-hybridized carbons (Fsp3) is 0.533. The molecule has 1 aliphatic heterocycles. The zero-order valence-corrected chi connectivity index (χ0v) is 28.2. The molecule has 1 saturated heterocycles. The molecule has 0 radical (unpaired) electrons. The first-order valence-electron chi connectivity index (χ1n) is 14.4. The van der Waals surface area contributed by atoms with Crippen molar-refractivity contribution < 1.29 is 35.9 Å². The van der Waals surface area contributed by atoms with Crippen LogP contribution in [-0.2, 0) is 27.3 Å². The molecule has 0 aliphatic carbocycles. The molecular formula is C30H39Cl2F3N4O5S. The quantitative estimate of drug-likeness (QED) is 0.287. The molecule has 0 bridgehead atoms. The van der Waals surface area contributed by atoms with E-state index in [1.54, 1.807) is 20.8 Å². The predicted octanol–water partition coefficient (Wildman–Crippen LogP) is 6.16. The van der Waals surface area contributed by atoms with Crippen LogP contribution in [0.3, 0.4) is 0 Å². The number of benzene rings is 2. The predicted molar refractivity (Wildman–Crippen MR) is 169 cm³/mol. The number of anilines is 1. The Morgan fingerprint density at radius 2 is 1.80 bits per heavy atom. The van der Waals surface area contributed by atoms with Gasteiger partial charge in [0.05, 0.1) is 21.9 Å². The minimum absolute atomic E-state index is 0.0203. The number of alkyl halides is 3. The van der Waals surface area contributed by atoms with Gasteiger partial charge in [0.25, 0.3) is 5.91 Å². The van der Waals surface area contributed by atoms with Crippen LogP contribution in [0, 0.1) is 0 Å². The van der Waals surface area contributed by atoms with Gasteiger partial charge in [0, 0.05) is 54.9 Å². The lowest BCUT2D eigenvalue weighted by atomic mass is 9.99. The second-order valence-electron chi connectivity index (χ2n) is 11.8. The molecule has 45 heavy (non-hydrogen) atoms. The lowest BCUT2D eigenvalue weighted by molar-refractivity contribution is -0.138. The molecule has 2 N–H and O–H groups in total. The summed E-state index contributed by atoms with van der Waals surface area (Å²) < 4.78 is 73.6. The van der Waals surface area contributed by atoms with Gasteiger partial charge in [0.2, 0.25) is 0 Å². The van der Waals surface area contributed by atoms with Gasteiger partial charge >= 0.3 is 12.3 Å². The topological polar surface area (TPSA) is 108 Å². The van der Waals surface area contributed by atoms with Gasteiger partial charge in [0.1, 0.15) is 5.60 Å². The Bertz CT molecular complexity index is 1500. The van der Waals surface area contributed by atoms with E-state index in [0.29, 0.717) is 26.2 Å². The second-order valence-corrected chi connectivity index (χ2v) is 14.9. The highest BCUT2D eigenvalue weighted by Gasteiger charge is 2.37. The maximum Gasteiger partial charge on any atom is 0.416 e. The minimum atomic E-state index is -4.82. The van der Waals surface area contributed by atoms with E-state index in [1.807, 2.05) is 4.90 Å². The number of halogens is 5. The Labute approximate surface area is 272 Å². The van der Waals surface area contributed by atoms with Gasteiger partial charge < -0.3 is 20.3 Å². The van der Waals surface area contributed by atoms with Crippen LogP contribution >= 0.6 is 23.2 Å². The van der Waals surface area contributed by atoms with Crippen molar-refractivity contribution in [1.82, 2.24) is 15.5 Å². The third-order valence-electron chi connectivity index (χ3n) is 7.16. The lowest BCUT2D eigenvalue weighted by Crippen LogP contribution is -2.47. The van der Waals surface area contributed by atoms with Crippen LogP contribution in [0.2, 0.25) is 10.0 Å². The summed E-state index contributed by atoms with van der Waals surface area (Å²) in [5.74, 6) is -1.14. The zero-order chi connectivity index (χ0) is 33.7. The molecule has 2 amide bonds. The van der Waals surface area contributed by atoms with E-state index in [2.05, 4.69) is 10.6 Å². The number of rotatable bonds is 10. The Morgan fingerprint density at radius 1 is 1.11 bits per heavy atom. The van der Waals surface area contributed by atoms with E-state index >= 15 is 0 Å². The van der Waals surface area contributed by atoms with Gasteiger partial charge in [-0.2, -0.15) is 13.2 Å². The summed E-state index contributed by atoms with van der Waals surface area (Å²) >= 11 is 12.5. The van der Waals surface area contributed by atoms with Crippen LogP contribution in [-0.4, -0.2) is 75.9 Å². The van der Waals surface area contributed by atoms with Gasteiger partial charge in [-0.05, 0) is 76.1 Å². The number of nitrogens with zero attached hydrogens (tertiary/aromatic N) is 2. The van der Waals surface area contributed by atoms with Crippen molar-refractivity contribution in [3.05, 3.63) is 57.1 Å². The monoisotopic (exact) mass is 694 g/mol. The Hall–Kier alpha value is -2.58. The van der Waals surface area contributed by atoms with Gasteiger partial charge in [0.15, 0.2) is 9.84 Å². The van der Waals surface area contributed by atoms with E-state index in [-0.39, 0.29) is 50.1 Å². The molecule has 1 aliphatic rings. The number of carbonyl (C=O) groups excluding carboxylic acids is 2. The van der Waals surface area contributed by atoms with Crippen molar-refractivity contribution >= 4 is 50.7 Å². The van der Waals surface area contributed by atoms with Crippen molar-refractivity contribution in [3.63, 3.8) is 0 Å². The number of nitrogens with one attached hydrogen (secondary N) is 2. The molecule has 0 unspecified atom stereocenters. The summed E-state index contributed by atoms with van der Waals surface area (Å²) in [4.78, 5) is 27.9. The van der Waals surface area contributed by atoms with Crippen LogP contribution < -0.4 is 15.5 Å². The normalized spacial score (nSPS) is 16.4. The van der Waals surface area contributed by atoms with E-state index in [4.69, 9.17) is 27.9 Å². The molecule has 1 atom stereocenters. The first kappa shape index (κ1) is 36.9. The molecule has 1 fully saturated rings. The molecular weight excluding hydrogens is 656 g/mol. The number of alkyl carbamates (subject to hydrolysis) is 1. The number of piperidine rings is 1. The van der Waals surface area contributed by atoms with Crippen molar-refractivity contribution in [3.8, 4) is 0 Å². The van der Waals surface area contributed by atoms with Crippen molar-refractivity contribution in [1.29, 1.82) is 0 Å². The molecule has 0 saturated carbocycles. The molecule has 250 valence electrons. The van der Waals surface area contributed by atoms with Crippen LogP contribution in [0.5, 0.6) is 0 Å². The SMILES string of the molecule is CCS(=O)(=O)c1ccc(Cl)cc1N(C)C(=O)c1cc(Cl)c(CN2CCC[C@H](NCCNC(=O)OC(C)(C)C)C2)c(C(F)(F)F)c1. The minimum Gasteiger partial charge on any atom is -0.444 e. The maximum absolute atomic E-state index is 14.4. The van der Waals surface area contributed by atoms with Crippen LogP contribution in [0.25, 0.3) is 0 Å². The third-order valence-corrected chi connectivity index (χ3v) is 9.51. The summed E-state index contributed by atoms with van der Waals surface area (Å²) in [7, 11) is -2.52. The number of carbonyl (C=O) groups is 2. The highest BCUT2D eigenvalue weighted by Crippen LogP contribution is 2.38. The van der Waals surface area contributed by atoms with Crippen molar-refractivity contribution in [2.75, 3.05) is 43.9 Å². The van der Waals surface area contributed by atoms with Crippen molar-refractivity contribution in [2.45, 2.75) is 69.8 Å². The van der Waals surface area contributed by atoms with Gasteiger partial charge in [-0.3, -0.25) is 9.69 Å². The molecule has 9 nitrogen and oxygen atoms in total. The fourth-order valence-corrected chi connectivity index (χ4v) is 6.54. The number of ether oxygens (including phenoxy) is 1. The van der Waals surface area contributed by atoms with Crippen molar-refractivity contribution in [2.24, 2.45) is 0 Å². The fourth-order valence-electron chi connectivity index (χ4n) is 4.99. The highest BCUT2D eigenvalue weighted by molar-refractivity contribution is 7.91. The van der Waals surface area contributed by atoms with Gasteiger partial charge in [-0.15, -0.1) is 0 Å².